The van der Waals surface area contributed by atoms with E-state index >= 15 is 0 Å². The molecule has 3 rings (SSSR count). The molecule has 0 radical (unpaired) electrons. The van der Waals surface area contributed by atoms with E-state index < -0.39 is 0 Å². The smallest absolute Gasteiger partial charge is 0.128 e. The number of hydrogen-bond donors (Lipinski definition) is 0. The summed E-state index contributed by atoms with van der Waals surface area (Å²) in [5, 5.41) is 9.33. The fraction of sp³-hybridized carbons (Fsp3) is 0.400. The Labute approximate surface area is 92.5 Å². The molecule has 0 amide bonds. The van der Waals surface area contributed by atoms with Gasteiger partial charge in [0.25, 0.3) is 0 Å². The van der Waals surface area contributed by atoms with E-state index in [1.165, 1.54) is 12.8 Å². The molecule has 4 nitrogen and oxygen atoms in total. The average molecular weight is 223 g/mol. The first-order valence-electron chi connectivity index (χ1n) is 4.99. The first-order valence-corrected chi connectivity index (χ1v) is 5.37. The normalized spacial score (nSPS) is 15.9. The third kappa shape index (κ3) is 1.45. The summed E-state index contributed by atoms with van der Waals surface area (Å²) in [6.45, 7) is 0. The van der Waals surface area contributed by atoms with Gasteiger partial charge >= 0.3 is 0 Å². The molecule has 2 aromatic rings. The summed E-state index contributed by atoms with van der Waals surface area (Å²) in [5.74, 6) is 0. The maximum absolute atomic E-state index is 6.12. The molecule has 1 aliphatic carbocycles. The van der Waals surface area contributed by atoms with Crippen LogP contribution in [0.4, 0.5) is 0 Å². The van der Waals surface area contributed by atoms with E-state index in [4.69, 9.17) is 11.6 Å². The van der Waals surface area contributed by atoms with Gasteiger partial charge < -0.3 is 0 Å². The summed E-state index contributed by atoms with van der Waals surface area (Å²) in [6.07, 6.45) is 4.14. The van der Waals surface area contributed by atoms with Crippen LogP contribution < -0.4 is 0 Å². The van der Waals surface area contributed by atoms with Crippen molar-refractivity contribution in [2.24, 2.45) is 7.05 Å². The van der Waals surface area contributed by atoms with Crippen molar-refractivity contribution in [3.63, 3.8) is 0 Å². The molecule has 0 saturated heterocycles. The van der Waals surface area contributed by atoms with Gasteiger partial charge in [0.05, 0.1) is 11.7 Å². The van der Waals surface area contributed by atoms with Gasteiger partial charge in [-0.05, 0) is 18.9 Å². The largest absolute Gasteiger partial charge is 0.266 e. The van der Waals surface area contributed by atoms with Crippen LogP contribution in [0, 0.1) is 0 Å². The fourth-order valence-electron chi connectivity index (χ4n) is 1.70. The van der Waals surface area contributed by atoms with Crippen LogP contribution >= 0.6 is 11.6 Å². The van der Waals surface area contributed by atoms with Gasteiger partial charge in [-0.3, -0.25) is 9.36 Å². The Kier molecular flexibility index (Phi) is 1.85. The van der Waals surface area contributed by atoms with Gasteiger partial charge in [0.2, 0.25) is 0 Å². The lowest BCUT2D eigenvalue weighted by molar-refractivity contribution is 0.642. The minimum Gasteiger partial charge on any atom is -0.266 e. The molecule has 0 aliphatic heterocycles. The highest BCUT2D eigenvalue weighted by Crippen LogP contribution is 2.37. The van der Waals surface area contributed by atoms with Crippen LogP contribution in [-0.2, 0) is 7.05 Å². The molecule has 15 heavy (non-hydrogen) atoms. The van der Waals surface area contributed by atoms with Crippen molar-refractivity contribution in [1.82, 2.24) is 19.6 Å². The standard InChI is InChI=1S/C10H11ClN4/c1-14-9(4-5-12-14)8-6-10(11)15(13-8)7-2-3-7/h4-7H,2-3H2,1H3. The van der Waals surface area contributed by atoms with Crippen molar-refractivity contribution in [3.8, 4) is 11.4 Å². The van der Waals surface area contributed by atoms with Gasteiger partial charge in [-0.1, -0.05) is 11.6 Å². The van der Waals surface area contributed by atoms with Crippen LogP contribution in [0.3, 0.4) is 0 Å². The van der Waals surface area contributed by atoms with Crippen LogP contribution in [0.5, 0.6) is 0 Å². The number of nitrogens with zero attached hydrogens (tertiary/aromatic N) is 4. The van der Waals surface area contributed by atoms with Crippen molar-refractivity contribution in [2.75, 3.05) is 0 Å². The van der Waals surface area contributed by atoms with E-state index in [9.17, 15) is 0 Å². The number of hydrogen-bond acceptors (Lipinski definition) is 2. The van der Waals surface area contributed by atoms with Gasteiger partial charge in [0, 0.05) is 19.3 Å². The summed E-state index contributed by atoms with van der Waals surface area (Å²) in [5.41, 5.74) is 1.89. The van der Waals surface area contributed by atoms with Crippen LogP contribution in [0.15, 0.2) is 18.3 Å². The Bertz CT molecular complexity index is 495. The zero-order chi connectivity index (χ0) is 10.4. The van der Waals surface area contributed by atoms with E-state index in [1.807, 2.05) is 23.9 Å². The van der Waals surface area contributed by atoms with Gasteiger partial charge in [-0.25, -0.2) is 0 Å². The Morgan fingerprint density at radius 3 is 2.87 bits per heavy atom. The number of aryl methyl sites for hydroxylation is 1. The molecule has 5 heteroatoms. The highest BCUT2D eigenvalue weighted by atomic mass is 35.5. The Balaban J connectivity index is 2.05. The van der Waals surface area contributed by atoms with Crippen LogP contribution in [0.2, 0.25) is 5.15 Å². The first-order chi connectivity index (χ1) is 7.25. The van der Waals surface area contributed by atoms with E-state index in [2.05, 4.69) is 10.2 Å². The van der Waals surface area contributed by atoms with Crippen molar-refractivity contribution >= 4 is 11.6 Å². The number of halogens is 1. The molecule has 1 aliphatic rings. The van der Waals surface area contributed by atoms with Gasteiger partial charge in [0.15, 0.2) is 0 Å². The Morgan fingerprint density at radius 2 is 2.27 bits per heavy atom. The van der Waals surface area contributed by atoms with Crippen LogP contribution in [0.25, 0.3) is 11.4 Å². The minimum absolute atomic E-state index is 0.513. The quantitative estimate of drug-likeness (QED) is 0.782. The van der Waals surface area contributed by atoms with Crippen molar-refractivity contribution < 1.29 is 0 Å². The van der Waals surface area contributed by atoms with Gasteiger partial charge in [-0.2, -0.15) is 10.2 Å². The molecule has 0 atom stereocenters. The van der Waals surface area contributed by atoms with Crippen LogP contribution in [-0.4, -0.2) is 19.6 Å². The monoisotopic (exact) mass is 222 g/mol. The second-order valence-electron chi connectivity index (χ2n) is 3.87. The predicted molar refractivity (Wildman–Crippen MR) is 57.7 cm³/mol. The highest BCUT2D eigenvalue weighted by Gasteiger charge is 2.27. The highest BCUT2D eigenvalue weighted by molar-refractivity contribution is 6.29. The summed E-state index contributed by atoms with van der Waals surface area (Å²) < 4.78 is 3.71. The predicted octanol–water partition coefficient (Wildman–Crippen LogP) is 2.27. The molecule has 78 valence electrons. The number of rotatable bonds is 2. The summed E-state index contributed by atoms with van der Waals surface area (Å²) >= 11 is 6.12. The molecule has 0 aromatic carbocycles. The zero-order valence-corrected chi connectivity index (χ0v) is 9.15. The lowest BCUT2D eigenvalue weighted by Crippen LogP contribution is -1.98. The van der Waals surface area contributed by atoms with Crippen molar-refractivity contribution in [3.05, 3.63) is 23.5 Å². The Morgan fingerprint density at radius 1 is 1.47 bits per heavy atom. The second kappa shape index (κ2) is 3.10. The van der Waals surface area contributed by atoms with Gasteiger partial charge in [-0.15, -0.1) is 0 Å². The van der Waals surface area contributed by atoms with Crippen molar-refractivity contribution in [2.45, 2.75) is 18.9 Å². The maximum atomic E-state index is 6.12. The second-order valence-corrected chi connectivity index (χ2v) is 4.26. The molecule has 0 bridgehead atoms. The molecule has 0 N–H and O–H groups in total. The van der Waals surface area contributed by atoms with E-state index in [1.54, 1.807) is 10.9 Å². The third-order valence-electron chi connectivity index (χ3n) is 2.67. The molecule has 0 unspecified atom stereocenters. The maximum Gasteiger partial charge on any atom is 0.128 e. The number of aromatic nitrogens is 4. The van der Waals surface area contributed by atoms with Crippen LogP contribution in [0.1, 0.15) is 18.9 Å². The molecule has 1 saturated carbocycles. The van der Waals surface area contributed by atoms with Gasteiger partial charge in [0.1, 0.15) is 10.8 Å². The summed E-state index contributed by atoms with van der Waals surface area (Å²) in [7, 11) is 1.90. The van der Waals surface area contributed by atoms with E-state index in [0.29, 0.717) is 11.2 Å². The first kappa shape index (κ1) is 8.97. The topological polar surface area (TPSA) is 35.6 Å². The lowest BCUT2D eigenvalue weighted by Gasteiger charge is -1.98. The molecule has 0 spiro atoms. The molecular weight excluding hydrogens is 212 g/mol. The molecular formula is C10H11ClN4. The average Bonchev–Trinajstić information content (AvgIpc) is 2.85. The Hall–Kier alpha value is -1.29. The van der Waals surface area contributed by atoms with Crippen molar-refractivity contribution in [1.29, 1.82) is 0 Å². The molecule has 2 heterocycles. The SMILES string of the molecule is Cn1nccc1-c1cc(Cl)n(C2CC2)n1. The summed E-state index contributed by atoms with van der Waals surface area (Å²) in [4.78, 5) is 0. The van der Waals surface area contributed by atoms with E-state index in [-0.39, 0.29) is 0 Å². The lowest BCUT2D eigenvalue weighted by atomic mass is 10.3. The summed E-state index contributed by atoms with van der Waals surface area (Å²) in [6, 6.07) is 4.35. The minimum atomic E-state index is 0.513. The third-order valence-corrected chi connectivity index (χ3v) is 2.95. The van der Waals surface area contributed by atoms with E-state index in [0.717, 1.165) is 11.4 Å². The molecule has 1 fully saturated rings. The fourth-order valence-corrected chi connectivity index (χ4v) is 1.98. The molecule has 2 aromatic heterocycles. The zero-order valence-electron chi connectivity index (χ0n) is 8.39.